The fourth-order valence-corrected chi connectivity index (χ4v) is 2.65. The van der Waals surface area contributed by atoms with E-state index >= 15 is 0 Å². The number of hydrazone groups is 1. The van der Waals surface area contributed by atoms with Crippen LogP contribution < -0.4 is 4.83 Å². The number of nitrogens with zero attached hydrogens (tertiary/aromatic N) is 1. The SMILES string of the molecule is O=S(=O)(N/N=C/c1ccc(C(F)(F)F)cc1)c1ccc(Br)cc1. The maximum absolute atomic E-state index is 12.4. The van der Waals surface area contributed by atoms with Crippen molar-refractivity contribution in [3.05, 3.63) is 64.1 Å². The summed E-state index contributed by atoms with van der Waals surface area (Å²) in [6.45, 7) is 0. The van der Waals surface area contributed by atoms with Crippen molar-refractivity contribution in [2.75, 3.05) is 0 Å². The van der Waals surface area contributed by atoms with Crippen LogP contribution in [0.1, 0.15) is 11.1 Å². The number of rotatable bonds is 4. The van der Waals surface area contributed by atoms with Gasteiger partial charge in [0.2, 0.25) is 0 Å². The van der Waals surface area contributed by atoms with Crippen molar-refractivity contribution in [1.82, 2.24) is 4.83 Å². The largest absolute Gasteiger partial charge is 0.416 e. The molecule has 122 valence electrons. The zero-order valence-electron chi connectivity index (χ0n) is 11.4. The lowest BCUT2D eigenvalue weighted by molar-refractivity contribution is -0.137. The molecule has 0 saturated heterocycles. The second-order valence-electron chi connectivity index (χ2n) is 4.43. The van der Waals surface area contributed by atoms with Crippen LogP contribution in [0.4, 0.5) is 13.2 Å². The smallest absolute Gasteiger partial charge is 0.200 e. The highest BCUT2D eigenvalue weighted by Gasteiger charge is 2.29. The summed E-state index contributed by atoms with van der Waals surface area (Å²) in [5, 5.41) is 3.55. The average molecular weight is 407 g/mol. The number of alkyl halides is 3. The zero-order valence-corrected chi connectivity index (χ0v) is 13.8. The van der Waals surface area contributed by atoms with Gasteiger partial charge in [-0.2, -0.15) is 26.7 Å². The quantitative estimate of drug-likeness (QED) is 0.620. The fourth-order valence-electron chi connectivity index (χ4n) is 1.59. The normalized spacial score (nSPS) is 12.5. The maximum atomic E-state index is 12.4. The van der Waals surface area contributed by atoms with E-state index < -0.39 is 21.8 Å². The molecule has 0 heterocycles. The molecule has 2 rings (SSSR count). The van der Waals surface area contributed by atoms with Crippen molar-refractivity contribution < 1.29 is 21.6 Å². The molecule has 0 unspecified atom stereocenters. The Morgan fingerprint density at radius 3 is 2.09 bits per heavy atom. The van der Waals surface area contributed by atoms with E-state index in [9.17, 15) is 21.6 Å². The molecule has 0 amide bonds. The van der Waals surface area contributed by atoms with Gasteiger partial charge >= 0.3 is 6.18 Å². The van der Waals surface area contributed by atoms with Gasteiger partial charge in [0.15, 0.2) is 0 Å². The van der Waals surface area contributed by atoms with Crippen LogP contribution in [0.25, 0.3) is 0 Å². The molecule has 0 bridgehead atoms. The lowest BCUT2D eigenvalue weighted by atomic mass is 10.1. The first-order chi connectivity index (χ1) is 10.7. The van der Waals surface area contributed by atoms with Gasteiger partial charge in [-0.3, -0.25) is 0 Å². The molecule has 0 aliphatic carbocycles. The standard InChI is InChI=1S/C14H10BrF3N2O2S/c15-12-5-7-13(8-6-12)23(21,22)20-19-9-10-1-3-11(4-2-10)14(16,17)18/h1-9,20H/b19-9+. The molecule has 1 N–H and O–H groups in total. The van der Waals surface area contributed by atoms with Crippen LogP contribution in [-0.2, 0) is 16.2 Å². The van der Waals surface area contributed by atoms with E-state index in [1.807, 2.05) is 4.83 Å². The van der Waals surface area contributed by atoms with Gasteiger partial charge in [0.25, 0.3) is 10.0 Å². The molecule has 0 aromatic heterocycles. The molecular formula is C14H10BrF3N2O2S. The van der Waals surface area contributed by atoms with E-state index in [4.69, 9.17) is 0 Å². The predicted octanol–water partition coefficient (Wildman–Crippen LogP) is 3.78. The minimum atomic E-state index is -4.42. The highest BCUT2D eigenvalue weighted by atomic mass is 79.9. The molecule has 0 aliphatic heterocycles. The van der Waals surface area contributed by atoms with Gasteiger partial charge in [0.05, 0.1) is 16.7 Å². The Hall–Kier alpha value is -1.87. The summed E-state index contributed by atoms with van der Waals surface area (Å²) in [5.74, 6) is 0. The molecule has 0 aliphatic rings. The van der Waals surface area contributed by atoms with Crippen LogP contribution in [0.5, 0.6) is 0 Å². The first-order valence-electron chi connectivity index (χ1n) is 6.16. The van der Waals surface area contributed by atoms with Crippen molar-refractivity contribution in [3.63, 3.8) is 0 Å². The van der Waals surface area contributed by atoms with Crippen molar-refractivity contribution in [1.29, 1.82) is 0 Å². The third-order valence-electron chi connectivity index (χ3n) is 2.75. The molecule has 2 aromatic carbocycles. The lowest BCUT2D eigenvalue weighted by Crippen LogP contribution is -2.18. The third-order valence-corrected chi connectivity index (χ3v) is 4.52. The Labute approximate surface area is 139 Å². The van der Waals surface area contributed by atoms with Gasteiger partial charge in [0, 0.05) is 4.47 Å². The van der Waals surface area contributed by atoms with Crippen LogP contribution in [0.15, 0.2) is 63.0 Å². The van der Waals surface area contributed by atoms with Gasteiger partial charge in [0.1, 0.15) is 0 Å². The lowest BCUT2D eigenvalue weighted by Gasteiger charge is -2.06. The molecule has 0 fully saturated rings. The van der Waals surface area contributed by atoms with Crippen LogP contribution in [0.3, 0.4) is 0 Å². The van der Waals surface area contributed by atoms with Crippen molar-refractivity contribution in [2.24, 2.45) is 5.10 Å². The molecule has 0 spiro atoms. The first kappa shape index (κ1) is 17.5. The Bertz CT molecular complexity index is 801. The molecule has 0 saturated carbocycles. The summed E-state index contributed by atoms with van der Waals surface area (Å²) in [7, 11) is -3.83. The number of nitrogens with one attached hydrogen (secondary N) is 1. The van der Waals surface area contributed by atoms with Crippen LogP contribution >= 0.6 is 15.9 Å². The molecule has 2 aromatic rings. The van der Waals surface area contributed by atoms with Gasteiger partial charge in [-0.1, -0.05) is 28.1 Å². The summed E-state index contributed by atoms with van der Waals surface area (Å²) in [5.41, 5.74) is -0.457. The summed E-state index contributed by atoms with van der Waals surface area (Å²) < 4.78 is 61.8. The van der Waals surface area contributed by atoms with E-state index in [1.165, 1.54) is 24.3 Å². The molecule has 0 atom stereocenters. The van der Waals surface area contributed by atoms with Crippen molar-refractivity contribution >= 4 is 32.2 Å². The van der Waals surface area contributed by atoms with Crippen LogP contribution in [-0.4, -0.2) is 14.6 Å². The Morgan fingerprint density at radius 2 is 1.57 bits per heavy atom. The second-order valence-corrected chi connectivity index (χ2v) is 7.00. The number of benzene rings is 2. The summed E-state index contributed by atoms with van der Waals surface area (Å²) >= 11 is 3.19. The minimum absolute atomic E-state index is 0.0188. The van der Waals surface area contributed by atoms with E-state index in [0.717, 1.165) is 22.8 Å². The zero-order chi connectivity index (χ0) is 17.1. The molecule has 0 radical (unpaired) electrons. The van der Waals surface area contributed by atoms with Crippen molar-refractivity contribution in [2.45, 2.75) is 11.1 Å². The molecule has 4 nitrogen and oxygen atoms in total. The van der Waals surface area contributed by atoms with Crippen molar-refractivity contribution in [3.8, 4) is 0 Å². The van der Waals surface area contributed by atoms with Crippen LogP contribution in [0.2, 0.25) is 0 Å². The van der Waals surface area contributed by atoms with Crippen LogP contribution in [0, 0.1) is 0 Å². The Balaban J connectivity index is 2.07. The number of halogens is 4. The maximum Gasteiger partial charge on any atom is 0.416 e. The first-order valence-corrected chi connectivity index (χ1v) is 8.44. The number of hydrogen-bond acceptors (Lipinski definition) is 3. The van der Waals surface area contributed by atoms with Gasteiger partial charge in [-0.05, 0) is 42.0 Å². The highest BCUT2D eigenvalue weighted by Crippen LogP contribution is 2.28. The topological polar surface area (TPSA) is 58.5 Å². The number of sulfonamides is 1. The monoisotopic (exact) mass is 406 g/mol. The van der Waals surface area contributed by atoms with E-state index in [1.54, 1.807) is 12.1 Å². The Kier molecular flexibility index (Phi) is 5.10. The number of hydrogen-bond donors (Lipinski definition) is 1. The van der Waals surface area contributed by atoms with Gasteiger partial charge in [-0.15, -0.1) is 0 Å². The van der Waals surface area contributed by atoms with E-state index in [0.29, 0.717) is 5.56 Å². The predicted molar refractivity (Wildman–Crippen MR) is 83.5 cm³/mol. The average Bonchev–Trinajstić information content (AvgIpc) is 2.47. The molecule has 23 heavy (non-hydrogen) atoms. The van der Waals surface area contributed by atoms with E-state index in [2.05, 4.69) is 21.0 Å². The van der Waals surface area contributed by atoms with Gasteiger partial charge < -0.3 is 0 Å². The molecule has 9 heteroatoms. The summed E-state index contributed by atoms with van der Waals surface area (Å²) in [6, 6.07) is 10.1. The fraction of sp³-hybridized carbons (Fsp3) is 0.0714. The highest BCUT2D eigenvalue weighted by molar-refractivity contribution is 9.10. The second kappa shape index (κ2) is 6.71. The summed E-state index contributed by atoms with van der Waals surface area (Å²) in [4.78, 5) is 2.01. The third kappa shape index (κ3) is 4.80. The molecular weight excluding hydrogens is 397 g/mol. The summed E-state index contributed by atoms with van der Waals surface area (Å²) in [6.07, 6.45) is -3.30. The van der Waals surface area contributed by atoms with E-state index in [-0.39, 0.29) is 4.90 Å². The minimum Gasteiger partial charge on any atom is -0.200 e. The van der Waals surface area contributed by atoms with Gasteiger partial charge in [-0.25, -0.2) is 4.83 Å². The Morgan fingerprint density at radius 1 is 1.00 bits per heavy atom.